The topological polar surface area (TPSA) is 53.6 Å². The van der Waals surface area contributed by atoms with Gasteiger partial charge in [0, 0.05) is 5.69 Å². The summed E-state index contributed by atoms with van der Waals surface area (Å²) in [7, 11) is 1.79. The normalized spacial score (nSPS) is 14.7. The molecule has 1 rings (SSSR count). The minimum atomic E-state index is -0.560. The molecule has 0 radical (unpaired) electrons. The van der Waals surface area contributed by atoms with Crippen LogP contribution in [0.2, 0.25) is 0 Å². The molecule has 0 aliphatic carbocycles. The van der Waals surface area contributed by atoms with E-state index in [2.05, 4.69) is 23.4 Å². The average molecular weight is 206 g/mol. The summed E-state index contributed by atoms with van der Waals surface area (Å²) < 4.78 is 1.89. The monoisotopic (exact) mass is 206 g/mol. The number of aryl methyl sites for hydroxylation is 1. The molecule has 4 heteroatoms. The quantitative estimate of drug-likeness (QED) is 0.811. The standard InChI is InChI=1S/C11H18N4/c1-8-9(2)14-15(10(8)3)7-11(4,6-12)13-5/h13H,7H2,1-5H3. The highest BCUT2D eigenvalue weighted by atomic mass is 15.3. The van der Waals surface area contributed by atoms with Gasteiger partial charge in [-0.2, -0.15) is 10.4 Å². The van der Waals surface area contributed by atoms with Crippen LogP contribution >= 0.6 is 0 Å². The van der Waals surface area contributed by atoms with Crippen LogP contribution in [0.3, 0.4) is 0 Å². The first kappa shape index (κ1) is 11.7. The molecule has 82 valence electrons. The molecule has 0 aromatic carbocycles. The highest BCUT2D eigenvalue weighted by Crippen LogP contribution is 2.14. The Morgan fingerprint density at radius 1 is 1.47 bits per heavy atom. The van der Waals surface area contributed by atoms with E-state index in [4.69, 9.17) is 5.26 Å². The van der Waals surface area contributed by atoms with Crippen molar-refractivity contribution in [3.63, 3.8) is 0 Å². The third kappa shape index (κ3) is 2.18. The summed E-state index contributed by atoms with van der Waals surface area (Å²) >= 11 is 0. The van der Waals surface area contributed by atoms with Gasteiger partial charge in [-0.3, -0.25) is 4.68 Å². The van der Waals surface area contributed by atoms with Crippen molar-refractivity contribution in [2.24, 2.45) is 0 Å². The average Bonchev–Trinajstić information content (AvgIpc) is 2.46. The van der Waals surface area contributed by atoms with Gasteiger partial charge < -0.3 is 5.32 Å². The van der Waals surface area contributed by atoms with E-state index in [1.165, 1.54) is 5.56 Å². The van der Waals surface area contributed by atoms with Gasteiger partial charge in [-0.25, -0.2) is 0 Å². The predicted molar refractivity (Wildman–Crippen MR) is 59.5 cm³/mol. The van der Waals surface area contributed by atoms with Gasteiger partial charge in [0.15, 0.2) is 0 Å². The number of hydrogen-bond acceptors (Lipinski definition) is 3. The smallest absolute Gasteiger partial charge is 0.123 e. The molecule has 4 nitrogen and oxygen atoms in total. The van der Waals surface area contributed by atoms with Crippen LogP contribution in [0.5, 0.6) is 0 Å². The van der Waals surface area contributed by atoms with Gasteiger partial charge in [-0.05, 0) is 40.3 Å². The van der Waals surface area contributed by atoms with Crippen LogP contribution < -0.4 is 5.32 Å². The molecule has 1 atom stereocenters. The Hall–Kier alpha value is -1.34. The van der Waals surface area contributed by atoms with E-state index in [-0.39, 0.29) is 0 Å². The number of nitriles is 1. The van der Waals surface area contributed by atoms with Crippen molar-refractivity contribution in [2.45, 2.75) is 39.8 Å². The molecule has 1 aromatic rings. The summed E-state index contributed by atoms with van der Waals surface area (Å²) in [4.78, 5) is 0. The zero-order chi connectivity index (χ0) is 11.6. The summed E-state index contributed by atoms with van der Waals surface area (Å²) in [6.07, 6.45) is 0. The summed E-state index contributed by atoms with van der Waals surface area (Å²) in [5, 5.41) is 16.5. The van der Waals surface area contributed by atoms with Crippen molar-refractivity contribution in [2.75, 3.05) is 7.05 Å². The lowest BCUT2D eigenvalue weighted by Gasteiger charge is -2.21. The Morgan fingerprint density at radius 3 is 2.40 bits per heavy atom. The molecule has 0 aliphatic rings. The summed E-state index contributed by atoms with van der Waals surface area (Å²) in [5.74, 6) is 0. The van der Waals surface area contributed by atoms with Crippen LogP contribution in [-0.2, 0) is 6.54 Å². The fraction of sp³-hybridized carbons (Fsp3) is 0.636. The fourth-order valence-corrected chi connectivity index (χ4v) is 1.41. The Bertz CT molecular complexity index is 399. The molecular formula is C11H18N4. The van der Waals surface area contributed by atoms with E-state index in [9.17, 15) is 0 Å². The van der Waals surface area contributed by atoms with Crippen molar-refractivity contribution in [1.29, 1.82) is 5.26 Å². The van der Waals surface area contributed by atoms with Crippen LogP contribution in [-0.4, -0.2) is 22.4 Å². The minimum absolute atomic E-state index is 0.560. The molecule has 0 amide bonds. The second kappa shape index (κ2) is 4.03. The van der Waals surface area contributed by atoms with E-state index in [0.717, 1.165) is 11.4 Å². The van der Waals surface area contributed by atoms with E-state index in [1.807, 2.05) is 25.5 Å². The lowest BCUT2D eigenvalue weighted by atomic mass is 10.1. The van der Waals surface area contributed by atoms with Crippen LogP contribution in [0.4, 0.5) is 0 Å². The van der Waals surface area contributed by atoms with Gasteiger partial charge in [0.2, 0.25) is 0 Å². The first-order valence-electron chi connectivity index (χ1n) is 5.04. The number of rotatable bonds is 3. The first-order valence-corrected chi connectivity index (χ1v) is 5.04. The summed E-state index contributed by atoms with van der Waals surface area (Å²) in [6.45, 7) is 8.52. The lowest BCUT2D eigenvalue weighted by Crippen LogP contribution is -2.42. The van der Waals surface area contributed by atoms with Crippen LogP contribution in [0.15, 0.2) is 0 Å². The Labute approximate surface area is 90.9 Å². The Morgan fingerprint density at radius 2 is 2.07 bits per heavy atom. The Kier molecular flexibility index (Phi) is 3.15. The van der Waals surface area contributed by atoms with E-state index < -0.39 is 5.54 Å². The van der Waals surface area contributed by atoms with Gasteiger partial charge in [0.1, 0.15) is 5.54 Å². The van der Waals surface area contributed by atoms with E-state index >= 15 is 0 Å². The summed E-state index contributed by atoms with van der Waals surface area (Å²) in [5.41, 5.74) is 2.80. The maximum Gasteiger partial charge on any atom is 0.123 e. The Balaban J connectivity index is 3.00. The second-order valence-corrected chi connectivity index (χ2v) is 4.15. The van der Waals surface area contributed by atoms with Crippen molar-refractivity contribution in [3.8, 4) is 6.07 Å². The highest BCUT2D eigenvalue weighted by Gasteiger charge is 2.23. The maximum atomic E-state index is 9.06. The molecule has 15 heavy (non-hydrogen) atoms. The molecule has 1 unspecified atom stereocenters. The van der Waals surface area contributed by atoms with Crippen LogP contribution in [0, 0.1) is 32.1 Å². The van der Waals surface area contributed by atoms with E-state index in [0.29, 0.717) is 6.54 Å². The van der Waals surface area contributed by atoms with Crippen molar-refractivity contribution in [1.82, 2.24) is 15.1 Å². The molecule has 1 N–H and O–H groups in total. The fourth-order valence-electron chi connectivity index (χ4n) is 1.41. The molecule has 0 saturated heterocycles. The molecule has 0 bridgehead atoms. The largest absolute Gasteiger partial charge is 0.301 e. The minimum Gasteiger partial charge on any atom is -0.301 e. The van der Waals surface area contributed by atoms with Crippen LogP contribution in [0.1, 0.15) is 23.9 Å². The third-order valence-corrected chi connectivity index (χ3v) is 3.01. The molecule has 0 fully saturated rings. The van der Waals surface area contributed by atoms with Crippen molar-refractivity contribution in [3.05, 3.63) is 17.0 Å². The summed E-state index contributed by atoms with van der Waals surface area (Å²) in [6, 6.07) is 2.26. The van der Waals surface area contributed by atoms with Gasteiger partial charge in [0.25, 0.3) is 0 Å². The number of likely N-dealkylation sites (N-methyl/N-ethyl adjacent to an activating group) is 1. The molecule has 1 aromatic heterocycles. The lowest BCUT2D eigenvalue weighted by molar-refractivity contribution is 0.390. The van der Waals surface area contributed by atoms with Gasteiger partial charge in [-0.1, -0.05) is 0 Å². The van der Waals surface area contributed by atoms with Crippen LogP contribution in [0.25, 0.3) is 0 Å². The van der Waals surface area contributed by atoms with Gasteiger partial charge >= 0.3 is 0 Å². The molecule has 0 spiro atoms. The molecule has 0 aliphatic heterocycles. The molecule has 1 heterocycles. The molecular weight excluding hydrogens is 188 g/mol. The number of nitrogens with one attached hydrogen (secondary N) is 1. The van der Waals surface area contributed by atoms with Crippen molar-refractivity contribution < 1.29 is 0 Å². The zero-order valence-corrected chi connectivity index (χ0v) is 10.0. The molecule has 0 saturated carbocycles. The van der Waals surface area contributed by atoms with Gasteiger partial charge in [-0.15, -0.1) is 0 Å². The number of hydrogen-bond donors (Lipinski definition) is 1. The number of aromatic nitrogens is 2. The maximum absolute atomic E-state index is 9.06. The highest BCUT2D eigenvalue weighted by molar-refractivity contribution is 5.22. The third-order valence-electron chi connectivity index (χ3n) is 3.01. The SMILES string of the molecule is CNC(C)(C#N)Cn1nc(C)c(C)c1C. The van der Waals surface area contributed by atoms with E-state index in [1.54, 1.807) is 7.05 Å². The zero-order valence-electron chi connectivity index (χ0n) is 10.0. The van der Waals surface area contributed by atoms with Gasteiger partial charge in [0.05, 0.1) is 18.3 Å². The number of nitrogens with zero attached hydrogens (tertiary/aromatic N) is 3. The predicted octanol–water partition coefficient (Wildman–Crippen LogP) is 1.31. The second-order valence-electron chi connectivity index (χ2n) is 4.15. The first-order chi connectivity index (χ1) is 6.93. The van der Waals surface area contributed by atoms with Crippen molar-refractivity contribution >= 4 is 0 Å².